The molecule has 0 saturated heterocycles. The molecule has 1 atom stereocenters. The summed E-state index contributed by atoms with van der Waals surface area (Å²) in [5.74, 6) is -1.01. The molecular formula is C25H27N5O3. The van der Waals surface area contributed by atoms with E-state index in [2.05, 4.69) is 15.7 Å². The van der Waals surface area contributed by atoms with E-state index in [0.29, 0.717) is 13.1 Å². The molecule has 0 bridgehead atoms. The molecule has 1 unspecified atom stereocenters. The number of aryl methyl sites for hydroxylation is 1. The zero-order chi connectivity index (χ0) is 23.6. The summed E-state index contributed by atoms with van der Waals surface area (Å²) < 4.78 is 1.45. The van der Waals surface area contributed by atoms with Crippen LogP contribution in [-0.2, 0) is 24.4 Å². The van der Waals surface area contributed by atoms with Crippen molar-refractivity contribution in [3.05, 3.63) is 88.7 Å². The van der Waals surface area contributed by atoms with Gasteiger partial charge in [0.05, 0.1) is 6.54 Å². The second-order valence-electron chi connectivity index (χ2n) is 8.55. The van der Waals surface area contributed by atoms with Gasteiger partial charge in [-0.25, -0.2) is 0 Å². The average Bonchev–Trinajstić information content (AvgIpc) is 3.25. The first-order valence-corrected chi connectivity index (χ1v) is 10.8. The fourth-order valence-electron chi connectivity index (χ4n) is 3.79. The lowest BCUT2D eigenvalue weighted by Crippen LogP contribution is -2.62. The second kappa shape index (κ2) is 8.90. The lowest BCUT2D eigenvalue weighted by Gasteiger charge is -2.40. The van der Waals surface area contributed by atoms with Crippen LogP contribution in [0.3, 0.4) is 0 Å². The molecule has 0 radical (unpaired) electrons. The number of aromatic nitrogens is 2. The summed E-state index contributed by atoms with van der Waals surface area (Å²) in [6.07, 6.45) is 0. The number of fused-ring (bicyclic) bond motifs is 1. The fraction of sp³-hybridized carbons (Fsp3) is 0.280. The first-order chi connectivity index (χ1) is 15.8. The van der Waals surface area contributed by atoms with E-state index in [1.54, 1.807) is 14.0 Å². The van der Waals surface area contributed by atoms with E-state index in [-0.39, 0.29) is 35.7 Å². The number of carbonyl (C=O) groups is 3. The van der Waals surface area contributed by atoms with Gasteiger partial charge < -0.3 is 15.5 Å². The number of nitrogens with one attached hydrogen (secondary N) is 2. The highest BCUT2D eigenvalue weighted by Crippen LogP contribution is 2.26. The van der Waals surface area contributed by atoms with Gasteiger partial charge in [-0.1, -0.05) is 60.2 Å². The molecule has 0 fully saturated rings. The third kappa shape index (κ3) is 4.50. The molecule has 1 aromatic heterocycles. The summed E-state index contributed by atoms with van der Waals surface area (Å²) in [7, 11) is 1.60. The second-order valence-corrected chi connectivity index (χ2v) is 8.55. The van der Waals surface area contributed by atoms with Crippen LogP contribution in [0.4, 0.5) is 0 Å². The topological polar surface area (TPSA) is 96.3 Å². The monoisotopic (exact) mass is 445 g/mol. The predicted molar refractivity (Wildman–Crippen MR) is 123 cm³/mol. The molecule has 1 aliphatic rings. The van der Waals surface area contributed by atoms with Crippen LogP contribution < -0.4 is 10.6 Å². The van der Waals surface area contributed by atoms with Gasteiger partial charge >= 0.3 is 0 Å². The van der Waals surface area contributed by atoms with Crippen LogP contribution in [0.1, 0.15) is 44.6 Å². The van der Waals surface area contributed by atoms with Crippen LogP contribution >= 0.6 is 0 Å². The van der Waals surface area contributed by atoms with Gasteiger partial charge in [0.2, 0.25) is 5.91 Å². The highest BCUT2D eigenvalue weighted by Gasteiger charge is 2.46. The average molecular weight is 446 g/mol. The molecule has 3 amide bonds. The Hall–Kier alpha value is -3.94. The highest BCUT2D eigenvalue weighted by atomic mass is 16.2. The van der Waals surface area contributed by atoms with Crippen LogP contribution in [0.25, 0.3) is 0 Å². The Morgan fingerprint density at radius 3 is 2.33 bits per heavy atom. The van der Waals surface area contributed by atoms with Gasteiger partial charge in [0.15, 0.2) is 5.69 Å². The maximum Gasteiger partial charge on any atom is 0.272 e. The van der Waals surface area contributed by atoms with Crippen molar-refractivity contribution in [2.24, 2.45) is 0 Å². The summed E-state index contributed by atoms with van der Waals surface area (Å²) in [6.45, 7) is 4.57. The quantitative estimate of drug-likeness (QED) is 0.608. The minimum absolute atomic E-state index is 0.145. The molecule has 33 heavy (non-hydrogen) atoms. The number of rotatable bonds is 6. The van der Waals surface area contributed by atoms with E-state index in [9.17, 15) is 14.4 Å². The largest absolute Gasteiger partial charge is 0.350 e. The summed E-state index contributed by atoms with van der Waals surface area (Å²) in [6, 6.07) is 18.9. The molecule has 2 N–H and O–H groups in total. The Labute approximate surface area is 192 Å². The van der Waals surface area contributed by atoms with E-state index < -0.39 is 5.54 Å². The standard InChI is InChI=1S/C25H27N5O3/c1-17-9-11-19(12-10-17)15-27-24(33)25(2)16-30-21(23(32)29(25)3)13-20(28-30)22(31)26-14-18-7-5-4-6-8-18/h4-13H,14-16H2,1-3H3,(H,26,31)(H,27,33). The van der Waals surface area contributed by atoms with Gasteiger partial charge in [0, 0.05) is 26.2 Å². The molecule has 3 aromatic rings. The molecule has 0 saturated carbocycles. The molecule has 0 spiro atoms. The molecule has 0 aliphatic carbocycles. The zero-order valence-corrected chi connectivity index (χ0v) is 19.0. The number of benzene rings is 2. The Morgan fingerprint density at radius 2 is 1.64 bits per heavy atom. The van der Waals surface area contributed by atoms with E-state index in [1.165, 1.54) is 15.6 Å². The number of likely N-dealkylation sites (N-methyl/N-ethyl adjacent to an activating group) is 1. The van der Waals surface area contributed by atoms with Gasteiger partial charge in [-0.3, -0.25) is 19.1 Å². The van der Waals surface area contributed by atoms with Gasteiger partial charge in [0.1, 0.15) is 11.2 Å². The molecule has 2 heterocycles. The highest BCUT2D eigenvalue weighted by molar-refractivity contribution is 6.01. The number of amides is 3. The van der Waals surface area contributed by atoms with Gasteiger partial charge in [0.25, 0.3) is 11.8 Å². The Kier molecular flexibility index (Phi) is 6.00. The minimum atomic E-state index is -1.14. The molecule has 1 aliphatic heterocycles. The van der Waals surface area contributed by atoms with Crippen LogP contribution in [0, 0.1) is 6.92 Å². The summed E-state index contributed by atoms with van der Waals surface area (Å²) in [5.41, 5.74) is 2.36. The molecule has 170 valence electrons. The van der Waals surface area contributed by atoms with Crippen molar-refractivity contribution in [3.63, 3.8) is 0 Å². The van der Waals surface area contributed by atoms with E-state index in [0.717, 1.165) is 16.7 Å². The van der Waals surface area contributed by atoms with E-state index >= 15 is 0 Å². The molecule has 8 heteroatoms. The first kappa shape index (κ1) is 22.3. The van der Waals surface area contributed by atoms with Gasteiger partial charge in [-0.15, -0.1) is 0 Å². The van der Waals surface area contributed by atoms with Crippen molar-refractivity contribution in [1.82, 2.24) is 25.3 Å². The maximum absolute atomic E-state index is 13.1. The minimum Gasteiger partial charge on any atom is -0.350 e. The van der Waals surface area contributed by atoms with Gasteiger partial charge in [-0.05, 0) is 25.0 Å². The Morgan fingerprint density at radius 1 is 1.00 bits per heavy atom. The first-order valence-electron chi connectivity index (χ1n) is 10.8. The molecule has 4 rings (SSSR count). The summed E-state index contributed by atoms with van der Waals surface area (Å²) in [5, 5.41) is 10.1. The predicted octanol–water partition coefficient (Wildman–Crippen LogP) is 2.28. The number of hydrogen-bond acceptors (Lipinski definition) is 4. The van der Waals surface area contributed by atoms with Crippen molar-refractivity contribution < 1.29 is 14.4 Å². The Balaban J connectivity index is 1.47. The lowest BCUT2D eigenvalue weighted by molar-refractivity contribution is -0.132. The van der Waals surface area contributed by atoms with Crippen LogP contribution in [0.2, 0.25) is 0 Å². The van der Waals surface area contributed by atoms with Crippen molar-refractivity contribution in [2.75, 3.05) is 7.05 Å². The summed E-state index contributed by atoms with van der Waals surface area (Å²) in [4.78, 5) is 40.1. The third-order valence-corrected chi connectivity index (χ3v) is 6.09. The van der Waals surface area contributed by atoms with Crippen LogP contribution in [-0.4, -0.2) is 45.0 Å². The van der Waals surface area contributed by atoms with Crippen LogP contribution in [0.5, 0.6) is 0 Å². The molecule has 8 nitrogen and oxygen atoms in total. The van der Waals surface area contributed by atoms with E-state index in [1.807, 2.05) is 61.5 Å². The van der Waals surface area contributed by atoms with Crippen molar-refractivity contribution in [3.8, 4) is 0 Å². The van der Waals surface area contributed by atoms with Crippen molar-refractivity contribution in [1.29, 1.82) is 0 Å². The number of nitrogens with zero attached hydrogens (tertiary/aromatic N) is 3. The maximum atomic E-state index is 13.1. The van der Waals surface area contributed by atoms with Crippen molar-refractivity contribution >= 4 is 17.7 Å². The number of carbonyl (C=O) groups excluding carboxylic acids is 3. The number of hydrogen-bond donors (Lipinski definition) is 2. The third-order valence-electron chi connectivity index (χ3n) is 6.09. The normalized spacial score (nSPS) is 17.4. The molecule has 2 aromatic carbocycles. The molecular weight excluding hydrogens is 418 g/mol. The lowest BCUT2D eigenvalue weighted by atomic mass is 9.95. The van der Waals surface area contributed by atoms with Crippen molar-refractivity contribution in [2.45, 2.75) is 39.0 Å². The van der Waals surface area contributed by atoms with Gasteiger partial charge in [-0.2, -0.15) is 5.10 Å². The smallest absolute Gasteiger partial charge is 0.272 e. The fourth-order valence-corrected chi connectivity index (χ4v) is 3.79. The van der Waals surface area contributed by atoms with Crippen LogP contribution in [0.15, 0.2) is 60.7 Å². The Bertz CT molecular complexity index is 1190. The summed E-state index contributed by atoms with van der Waals surface area (Å²) >= 11 is 0. The SMILES string of the molecule is Cc1ccc(CNC(=O)C2(C)Cn3nc(C(=O)NCc4ccccc4)cc3C(=O)N2C)cc1. The zero-order valence-electron chi connectivity index (χ0n) is 19.0. The van der Waals surface area contributed by atoms with E-state index in [4.69, 9.17) is 0 Å².